The number of anilines is 1. The van der Waals surface area contributed by atoms with E-state index in [4.69, 9.17) is 4.74 Å². The molecule has 7 nitrogen and oxygen atoms in total. The zero-order chi connectivity index (χ0) is 22.2. The highest BCUT2D eigenvalue weighted by atomic mass is 32.2. The monoisotopic (exact) mass is 435 g/mol. The topological polar surface area (TPSA) is 97.7 Å². The molecule has 0 amide bonds. The van der Waals surface area contributed by atoms with E-state index in [0.717, 1.165) is 11.1 Å². The molecule has 1 aliphatic rings. The molecule has 0 saturated carbocycles. The molecule has 0 bridgehead atoms. The first-order valence-electron chi connectivity index (χ1n) is 9.74. The normalized spacial score (nSPS) is 14.1. The molecule has 3 aromatic rings. The maximum absolute atomic E-state index is 12.5. The van der Waals surface area contributed by atoms with Crippen LogP contribution in [-0.2, 0) is 10.0 Å². The van der Waals surface area contributed by atoms with Crippen LogP contribution in [0.1, 0.15) is 46.8 Å². The molecule has 31 heavy (non-hydrogen) atoms. The minimum atomic E-state index is -3.72. The van der Waals surface area contributed by atoms with Crippen molar-refractivity contribution >= 4 is 27.5 Å². The van der Waals surface area contributed by atoms with E-state index in [1.165, 1.54) is 12.3 Å². The van der Waals surface area contributed by atoms with Crippen LogP contribution in [0, 0.1) is 6.92 Å². The number of benzene rings is 2. The van der Waals surface area contributed by atoms with Crippen LogP contribution in [0.3, 0.4) is 0 Å². The maximum Gasteiger partial charge on any atom is 0.345 e. The predicted molar refractivity (Wildman–Crippen MR) is 118 cm³/mol. The predicted octanol–water partition coefficient (Wildman–Crippen LogP) is 4.29. The number of hydrogen-bond acceptors (Lipinski definition) is 6. The number of ether oxygens (including phenoxy) is 1. The first kappa shape index (κ1) is 20.7. The Morgan fingerprint density at radius 2 is 1.87 bits per heavy atom. The Labute approximate surface area is 180 Å². The minimum Gasteiger partial charge on any atom is -0.423 e. The lowest BCUT2D eigenvalue weighted by atomic mass is 9.98. The highest BCUT2D eigenvalue weighted by Crippen LogP contribution is 2.34. The number of aromatic nitrogens is 1. The summed E-state index contributed by atoms with van der Waals surface area (Å²) in [5, 5.41) is 3.15. The molecule has 8 heteroatoms. The van der Waals surface area contributed by atoms with Crippen molar-refractivity contribution in [2.24, 2.45) is 4.40 Å². The largest absolute Gasteiger partial charge is 0.423 e. The van der Waals surface area contributed by atoms with Crippen LogP contribution in [0.2, 0.25) is 0 Å². The average Bonchev–Trinajstić information content (AvgIpc) is 3.00. The first-order chi connectivity index (χ1) is 14.8. The van der Waals surface area contributed by atoms with E-state index >= 15 is 0 Å². The molecule has 0 fully saturated rings. The summed E-state index contributed by atoms with van der Waals surface area (Å²) in [4.78, 5) is 16.6. The maximum atomic E-state index is 12.5. The van der Waals surface area contributed by atoms with Crippen LogP contribution in [-0.4, -0.2) is 25.2 Å². The lowest BCUT2D eigenvalue weighted by Gasteiger charge is -2.18. The summed E-state index contributed by atoms with van der Waals surface area (Å²) in [5.74, 6) is 0.288. The smallest absolute Gasteiger partial charge is 0.345 e. The summed E-state index contributed by atoms with van der Waals surface area (Å²) in [6, 6.07) is 13.6. The van der Waals surface area contributed by atoms with Gasteiger partial charge < -0.3 is 10.1 Å². The van der Waals surface area contributed by atoms with Crippen molar-refractivity contribution in [3.05, 3.63) is 83.2 Å². The van der Waals surface area contributed by atoms with Gasteiger partial charge in [0.15, 0.2) is 5.84 Å². The van der Waals surface area contributed by atoms with Crippen LogP contribution in [0.15, 0.2) is 70.2 Å². The van der Waals surface area contributed by atoms with Crippen molar-refractivity contribution in [1.82, 2.24) is 4.98 Å². The Balaban J connectivity index is 1.68. The number of carbonyl (C=O) groups excluding carboxylic acids is 1. The zero-order valence-corrected chi connectivity index (χ0v) is 18.1. The Morgan fingerprint density at radius 1 is 1.10 bits per heavy atom. The van der Waals surface area contributed by atoms with E-state index in [2.05, 4.69) is 14.7 Å². The number of fused-ring (bicyclic) bond motifs is 1. The summed E-state index contributed by atoms with van der Waals surface area (Å²) < 4.78 is 34.2. The van der Waals surface area contributed by atoms with Gasteiger partial charge in [0.2, 0.25) is 0 Å². The molecular weight excluding hydrogens is 414 g/mol. The molecule has 0 spiro atoms. The molecule has 2 heterocycles. The molecule has 4 rings (SSSR count). The third-order valence-corrected chi connectivity index (χ3v) is 6.30. The molecule has 0 atom stereocenters. The lowest BCUT2D eigenvalue weighted by Crippen LogP contribution is -2.14. The van der Waals surface area contributed by atoms with Crippen molar-refractivity contribution in [3.63, 3.8) is 0 Å². The third kappa shape index (κ3) is 4.06. The van der Waals surface area contributed by atoms with E-state index in [-0.39, 0.29) is 16.6 Å². The first-order valence-corrected chi connectivity index (χ1v) is 11.2. The van der Waals surface area contributed by atoms with E-state index < -0.39 is 16.0 Å². The number of nitrogens with zero attached hydrogens (tertiary/aromatic N) is 2. The molecule has 158 valence electrons. The molecule has 1 N–H and O–H groups in total. The quantitative estimate of drug-likeness (QED) is 0.485. The van der Waals surface area contributed by atoms with Crippen molar-refractivity contribution in [2.75, 3.05) is 5.32 Å². The Hall–Kier alpha value is -3.52. The summed E-state index contributed by atoms with van der Waals surface area (Å²) in [6.45, 7) is 5.83. The van der Waals surface area contributed by atoms with Gasteiger partial charge in [0.05, 0.1) is 5.56 Å². The molecule has 0 radical (unpaired) electrons. The van der Waals surface area contributed by atoms with Crippen molar-refractivity contribution < 1.29 is 17.9 Å². The second-order valence-corrected chi connectivity index (χ2v) is 9.10. The number of aryl methyl sites for hydroxylation is 1. The number of carbonyl (C=O) groups is 1. The number of esters is 1. The average molecular weight is 436 g/mol. The molecule has 0 saturated heterocycles. The third-order valence-electron chi connectivity index (χ3n) is 4.96. The number of hydrogen-bond donors (Lipinski definition) is 1. The van der Waals surface area contributed by atoms with Gasteiger partial charge in [0, 0.05) is 23.6 Å². The van der Waals surface area contributed by atoms with Gasteiger partial charge in [-0.15, -0.1) is 4.40 Å². The molecule has 0 unspecified atom stereocenters. The van der Waals surface area contributed by atoms with Crippen LogP contribution in [0.5, 0.6) is 5.75 Å². The van der Waals surface area contributed by atoms with Gasteiger partial charge >= 0.3 is 5.97 Å². The lowest BCUT2D eigenvalue weighted by molar-refractivity contribution is 0.0732. The fourth-order valence-electron chi connectivity index (χ4n) is 3.34. The van der Waals surface area contributed by atoms with Crippen LogP contribution in [0.4, 0.5) is 5.69 Å². The van der Waals surface area contributed by atoms with Gasteiger partial charge in [0.25, 0.3) is 10.0 Å². The van der Waals surface area contributed by atoms with Gasteiger partial charge in [-0.3, -0.25) is 4.98 Å². The summed E-state index contributed by atoms with van der Waals surface area (Å²) >= 11 is 0. The van der Waals surface area contributed by atoms with Gasteiger partial charge in [-0.2, -0.15) is 8.42 Å². The van der Waals surface area contributed by atoms with E-state index in [1.807, 2.05) is 26.8 Å². The number of pyridine rings is 1. The van der Waals surface area contributed by atoms with E-state index in [0.29, 0.717) is 22.6 Å². The van der Waals surface area contributed by atoms with Crippen molar-refractivity contribution in [3.8, 4) is 5.75 Å². The van der Waals surface area contributed by atoms with Gasteiger partial charge in [-0.05, 0) is 60.4 Å². The van der Waals surface area contributed by atoms with E-state index in [9.17, 15) is 13.2 Å². The SMILES string of the molecule is Cc1cc(OC(=O)c2cccnc2)c(C(C)C)cc1NC1=NS(=O)(=O)c2ccccc21. The Bertz CT molecular complexity index is 1300. The second-order valence-electron chi connectivity index (χ2n) is 7.53. The van der Waals surface area contributed by atoms with Gasteiger partial charge in [-0.1, -0.05) is 26.0 Å². The number of sulfonamides is 1. The van der Waals surface area contributed by atoms with Crippen LogP contribution in [0.25, 0.3) is 0 Å². The van der Waals surface area contributed by atoms with Crippen molar-refractivity contribution in [2.45, 2.75) is 31.6 Å². The molecule has 0 aliphatic carbocycles. The Kier molecular flexibility index (Phi) is 5.32. The standard InChI is InChI=1S/C23H21N3O4S/c1-14(2)18-12-19(25-22-17-8-4-5-9-21(17)31(28,29)26-22)15(3)11-20(18)30-23(27)16-7-6-10-24-13-16/h4-14H,1-3H3,(H,25,26). The number of nitrogens with one attached hydrogen (secondary N) is 1. The van der Waals surface area contributed by atoms with Crippen LogP contribution < -0.4 is 10.1 Å². The van der Waals surface area contributed by atoms with Gasteiger partial charge in [0.1, 0.15) is 10.6 Å². The minimum absolute atomic E-state index is 0.0550. The zero-order valence-electron chi connectivity index (χ0n) is 17.3. The summed E-state index contributed by atoms with van der Waals surface area (Å²) in [6.07, 6.45) is 3.04. The summed E-state index contributed by atoms with van der Waals surface area (Å²) in [7, 11) is -3.72. The summed E-state index contributed by atoms with van der Waals surface area (Å²) in [5.41, 5.74) is 3.16. The number of amidine groups is 1. The molecule has 2 aromatic carbocycles. The fraction of sp³-hybridized carbons (Fsp3) is 0.174. The highest BCUT2D eigenvalue weighted by molar-refractivity contribution is 7.90. The Morgan fingerprint density at radius 3 is 2.58 bits per heavy atom. The number of rotatable bonds is 4. The van der Waals surface area contributed by atoms with E-state index in [1.54, 1.807) is 42.6 Å². The second kappa shape index (κ2) is 7.96. The molecular formula is C23H21N3O4S. The molecule has 1 aromatic heterocycles. The van der Waals surface area contributed by atoms with Gasteiger partial charge in [-0.25, -0.2) is 4.79 Å². The highest BCUT2D eigenvalue weighted by Gasteiger charge is 2.29. The van der Waals surface area contributed by atoms with Crippen LogP contribution >= 0.6 is 0 Å². The molecule has 1 aliphatic heterocycles. The fourth-order valence-corrected chi connectivity index (χ4v) is 4.51. The van der Waals surface area contributed by atoms with Crippen molar-refractivity contribution in [1.29, 1.82) is 0 Å².